The molecule has 0 bridgehead atoms. The number of hydrazone groups is 1. The monoisotopic (exact) mass is 379 g/mol. The number of carbonyl (C=O) groups is 1. The second-order valence-electron chi connectivity index (χ2n) is 5.93. The number of hydrogen-bond donors (Lipinski definition) is 2. The van der Waals surface area contributed by atoms with Crippen LogP contribution in [-0.4, -0.2) is 22.2 Å². The summed E-state index contributed by atoms with van der Waals surface area (Å²) in [5, 5.41) is 24.2. The number of nitrogens with zero attached hydrogens (tertiary/aromatic N) is 2. The molecule has 0 saturated heterocycles. The molecule has 1 heterocycles. The van der Waals surface area contributed by atoms with Gasteiger partial charge in [0.25, 0.3) is 5.69 Å². The van der Waals surface area contributed by atoms with Crippen molar-refractivity contribution in [2.75, 3.05) is 0 Å². The van der Waals surface area contributed by atoms with Crippen LogP contribution in [0.1, 0.15) is 17.7 Å². The van der Waals surface area contributed by atoms with E-state index in [1.807, 2.05) is 0 Å². The lowest BCUT2D eigenvalue weighted by Gasteiger charge is -2.03. The van der Waals surface area contributed by atoms with Crippen LogP contribution in [0.25, 0.3) is 11.3 Å². The van der Waals surface area contributed by atoms with E-state index in [1.54, 1.807) is 48.5 Å². The average molecular weight is 379 g/mol. The third-order valence-electron chi connectivity index (χ3n) is 3.98. The van der Waals surface area contributed by atoms with E-state index in [9.17, 15) is 20.0 Å². The number of nitro benzene ring substituents is 1. The Labute approximate surface area is 160 Å². The highest BCUT2D eigenvalue weighted by Gasteiger charge is 2.08. The second kappa shape index (κ2) is 8.63. The summed E-state index contributed by atoms with van der Waals surface area (Å²) in [7, 11) is 0. The van der Waals surface area contributed by atoms with Crippen LogP contribution >= 0.6 is 0 Å². The summed E-state index contributed by atoms with van der Waals surface area (Å²) in [4.78, 5) is 22.1. The first-order valence-corrected chi connectivity index (χ1v) is 8.46. The van der Waals surface area contributed by atoms with E-state index in [2.05, 4.69) is 10.5 Å². The molecule has 3 aromatic rings. The van der Waals surface area contributed by atoms with Crippen molar-refractivity contribution in [3.63, 3.8) is 0 Å². The van der Waals surface area contributed by atoms with E-state index in [0.29, 0.717) is 29.1 Å². The van der Waals surface area contributed by atoms with Crippen molar-refractivity contribution in [2.24, 2.45) is 5.10 Å². The Kier molecular flexibility index (Phi) is 5.81. The van der Waals surface area contributed by atoms with E-state index in [0.717, 1.165) is 0 Å². The zero-order chi connectivity index (χ0) is 19.9. The Bertz CT molecular complexity index is 1010. The van der Waals surface area contributed by atoms with Crippen molar-refractivity contribution >= 4 is 17.8 Å². The number of nitrogens with one attached hydrogen (secondary N) is 1. The van der Waals surface area contributed by atoms with Crippen LogP contribution in [0.5, 0.6) is 5.75 Å². The third-order valence-corrected chi connectivity index (χ3v) is 3.98. The summed E-state index contributed by atoms with van der Waals surface area (Å²) in [5.74, 6) is 0.825. The Hall–Kier alpha value is -3.94. The van der Waals surface area contributed by atoms with Gasteiger partial charge >= 0.3 is 0 Å². The fourth-order valence-corrected chi connectivity index (χ4v) is 2.52. The number of amides is 1. The van der Waals surface area contributed by atoms with Gasteiger partial charge in [-0.25, -0.2) is 5.43 Å². The molecule has 2 aromatic carbocycles. The average Bonchev–Trinajstić information content (AvgIpc) is 3.16. The molecule has 0 unspecified atom stereocenters. The largest absolute Gasteiger partial charge is 0.508 e. The van der Waals surface area contributed by atoms with Gasteiger partial charge < -0.3 is 9.52 Å². The number of hydrogen-bond acceptors (Lipinski definition) is 6. The predicted molar refractivity (Wildman–Crippen MR) is 103 cm³/mol. The molecule has 8 nitrogen and oxygen atoms in total. The van der Waals surface area contributed by atoms with Gasteiger partial charge in [-0.2, -0.15) is 5.10 Å². The maximum atomic E-state index is 11.8. The quantitative estimate of drug-likeness (QED) is 0.369. The minimum atomic E-state index is -0.466. The lowest BCUT2D eigenvalue weighted by Crippen LogP contribution is -2.17. The van der Waals surface area contributed by atoms with Crippen molar-refractivity contribution < 1.29 is 19.2 Å². The molecule has 0 saturated carbocycles. The third kappa shape index (κ3) is 4.82. The van der Waals surface area contributed by atoms with Gasteiger partial charge in [-0.05, 0) is 42.3 Å². The predicted octanol–water partition coefficient (Wildman–Crippen LogP) is 3.64. The minimum Gasteiger partial charge on any atom is -0.508 e. The summed E-state index contributed by atoms with van der Waals surface area (Å²) in [6.07, 6.45) is 1.95. The number of carbonyl (C=O) groups excluding carboxylic acids is 1. The summed E-state index contributed by atoms with van der Waals surface area (Å²) in [6.45, 7) is 0. The number of non-ortho nitro benzene ring substituents is 1. The molecule has 8 heteroatoms. The molecule has 0 atom stereocenters. The summed E-state index contributed by atoms with van der Waals surface area (Å²) >= 11 is 0. The fourth-order valence-electron chi connectivity index (χ4n) is 2.52. The first kappa shape index (κ1) is 18.8. The van der Waals surface area contributed by atoms with Crippen LogP contribution in [0.15, 0.2) is 70.2 Å². The fraction of sp³-hybridized carbons (Fsp3) is 0.100. The van der Waals surface area contributed by atoms with Crippen LogP contribution in [-0.2, 0) is 11.2 Å². The molecule has 0 aliphatic heterocycles. The van der Waals surface area contributed by atoms with Gasteiger partial charge in [0.2, 0.25) is 5.91 Å². The summed E-state index contributed by atoms with van der Waals surface area (Å²) in [6, 6.07) is 16.2. The Balaban J connectivity index is 1.53. The van der Waals surface area contributed by atoms with Crippen molar-refractivity contribution in [3.05, 3.63) is 82.1 Å². The Morgan fingerprint density at radius 2 is 1.89 bits per heavy atom. The van der Waals surface area contributed by atoms with Crippen molar-refractivity contribution in [2.45, 2.75) is 12.8 Å². The minimum absolute atomic E-state index is 0.00336. The zero-order valence-electron chi connectivity index (χ0n) is 14.7. The number of aromatic hydroxyl groups is 1. The van der Waals surface area contributed by atoms with Gasteiger partial charge in [0.15, 0.2) is 0 Å². The molecule has 0 aliphatic carbocycles. The maximum absolute atomic E-state index is 11.8. The number of nitro groups is 1. The van der Waals surface area contributed by atoms with Gasteiger partial charge in [0.05, 0.1) is 11.1 Å². The van der Waals surface area contributed by atoms with E-state index in [4.69, 9.17) is 4.42 Å². The molecule has 28 heavy (non-hydrogen) atoms. The van der Waals surface area contributed by atoms with Gasteiger partial charge in [0.1, 0.15) is 17.3 Å². The van der Waals surface area contributed by atoms with E-state index < -0.39 is 4.92 Å². The van der Waals surface area contributed by atoms with E-state index >= 15 is 0 Å². The molecule has 1 amide bonds. The molecule has 2 N–H and O–H groups in total. The first-order valence-electron chi connectivity index (χ1n) is 8.46. The van der Waals surface area contributed by atoms with Crippen LogP contribution in [0.3, 0.4) is 0 Å². The van der Waals surface area contributed by atoms with E-state index in [-0.39, 0.29) is 23.8 Å². The number of phenols is 1. The van der Waals surface area contributed by atoms with Crippen LogP contribution < -0.4 is 5.43 Å². The van der Waals surface area contributed by atoms with Crippen molar-refractivity contribution in [1.29, 1.82) is 0 Å². The normalized spacial score (nSPS) is 10.9. The van der Waals surface area contributed by atoms with Gasteiger partial charge in [-0.1, -0.05) is 18.2 Å². The molecule has 0 aliphatic rings. The first-order chi connectivity index (χ1) is 13.5. The van der Waals surface area contributed by atoms with Crippen molar-refractivity contribution in [3.8, 4) is 17.1 Å². The SMILES string of the molecule is O=C(CCc1ccccc1O)N/N=C\c1ccc(-c2ccc([N+](=O)[O-])cc2)o1. The van der Waals surface area contributed by atoms with Gasteiger partial charge in [-0.3, -0.25) is 14.9 Å². The number of rotatable bonds is 7. The molecule has 142 valence electrons. The van der Waals surface area contributed by atoms with Crippen LogP contribution in [0.2, 0.25) is 0 Å². The molecule has 3 rings (SSSR count). The highest BCUT2D eigenvalue weighted by molar-refractivity contribution is 5.81. The number of para-hydroxylation sites is 1. The molecule has 0 radical (unpaired) electrons. The maximum Gasteiger partial charge on any atom is 0.269 e. The van der Waals surface area contributed by atoms with Crippen molar-refractivity contribution in [1.82, 2.24) is 5.43 Å². The molecule has 0 spiro atoms. The molecule has 0 fully saturated rings. The second-order valence-corrected chi connectivity index (χ2v) is 5.93. The highest BCUT2D eigenvalue weighted by Crippen LogP contribution is 2.24. The highest BCUT2D eigenvalue weighted by atomic mass is 16.6. The summed E-state index contributed by atoms with van der Waals surface area (Å²) < 4.78 is 5.59. The molecular formula is C20H17N3O5. The smallest absolute Gasteiger partial charge is 0.269 e. The standard InChI is InChI=1S/C20H17N3O5/c24-18-4-2-1-3-14(18)7-12-20(25)22-21-13-17-10-11-19(28-17)15-5-8-16(9-6-15)23(26)27/h1-6,8-11,13,24H,7,12H2,(H,22,25)/b21-13-. The van der Waals surface area contributed by atoms with Gasteiger partial charge in [-0.15, -0.1) is 0 Å². The summed E-state index contributed by atoms with van der Waals surface area (Å²) in [5.41, 5.74) is 3.79. The Morgan fingerprint density at radius 3 is 2.61 bits per heavy atom. The number of aryl methyl sites for hydroxylation is 1. The van der Waals surface area contributed by atoms with E-state index in [1.165, 1.54) is 18.3 Å². The number of phenolic OH excluding ortho intramolecular Hbond substituents is 1. The topological polar surface area (TPSA) is 118 Å². The zero-order valence-corrected chi connectivity index (χ0v) is 14.7. The Morgan fingerprint density at radius 1 is 1.14 bits per heavy atom. The molecule has 1 aromatic heterocycles. The number of benzene rings is 2. The number of furan rings is 1. The van der Waals surface area contributed by atoms with Crippen LogP contribution in [0.4, 0.5) is 5.69 Å². The lowest BCUT2D eigenvalue weighted by atomic mass is 10.1. The van der Waals surface area contributed by atoms with Crippen LogP contribution in [0, 0.1) is 10.1 Å². The van der Waals surface area contributed by atoms with Gasteiger partial charge in [0, 0.05) is 24.1 Å². The lowest BCUT2D eigenvalue weighted by molar-refractivity contribution is -0.384. The molecular weight excluding hydrogens is 362 g/mol.